The molecule has 10 nitrogen and oxygen atoms in total. The number of nitrogens with one attached hydrogen (secondary N) is 1. The van der Waals surface area contributed by atoms with Crippen molar-refractivity contribution in [1.29, 1.82) is 0 Å². The molecular formula is C16H22N5O5P. The van der Waals surface area contributed by atoms with Gasteiger partial charge in [-0.3, -0.25) is 4.57 Å². The Morgan fingerprint density at radius 2 is 2.15 bits per heavy atom. The zero-order valence-corrected chi connectivity index (χ0v) is 15.7. The first-order chi connectivity index (χ1) is 13.0. The highest BCUT2D eigenvalue weighted by molar-refractivity contribution is 7.52. The van der Waals surface area contributed by atoms with Crippen molar-refractivity contribution in [3.05, 3.63) is 47.9 Å². The Kier molecular flexibility index (Phi) is 6.25. The summed E-state index contributed by atoms with van der Waals surface area (Å²) in [6.45, 7) is 0.643. The van der Waals surface area contributed by atoms with Crippen molar-refractivity contribution in [2.45, 2.75) is 19.4 Å². The number of guanidine groups is 1. The third kappa shape index (κ3) is 5.15. The van der Waals surface area contributed by atoms with Crippen LogP contribution < -0.4 is 11.1 Å². The average Bonchev–Trinajstić information content (AvgIpc) is 3.06. The maximum Gasteiger partial charge on any atom is 0.353 e. The van der Waals surface area contributed by atoms with Crippen LogP contribution in [-0.4, -0.2) is 40.5 Å². The van der Waals surface area contributed by atoms with Crippen LogP contribution in [0.4, 0.5) is 5.82 Å². The van der Waals surface area contributed by atoms with E-state index in [1.807, 2.05) is 30.3 Å². The van der Waals surface area contributed by atoms with E-state index < -0.39 is 20.2 Å². The summed E-state index contributed by atoms with van der Waals surface area (Å²) in [4.78, 5) is 18.2. The summed E-state index contributed by atoms with van der Waals surface area (Å²) < 4.78 is 29.5. The van der Waals surface area contributed by atoms with Crippen LogP contribution in [0.2, 0.25) is 0 Å². The van der Waals surface area contributed by atoms with E-state index in [9.17, 15) is 9.46 Å². The largest absolute Gasteiger partial charge is 0.370 e. The summed E-state index contributed by atoms with van der Waals surface area (Å²) in [6, 6.07) is 9.17. The summed E-state index contributed by atoms with van der Waals surface area (Å²) in [7, 11) is -2.31. The number of ether oxygens (including phenoxy) is 2. The lowest BCUT2D eigenvalue weighted by Gasteiger charge is -2.20. The Bertz CT molecular complexity index is 841. The highest BCUT2D eigenvalue weighted by atomic mass is 31.2. The van der Waals surface area contributed by atoms with Crippen molar-refractivity contribution < 1.29 is 23.5 Å². The molecule has 0 amide bonds. The molecule has 2 heterocycles. The quantitative estimate of drug-likeness (QED) is 0.431. The second kappa shape index (κ2) is 8.64. The number of nitrogens with zero attached hydrogens (tertiary/aromatic N) is 3. The molecule has 1 aliphatic rings. The van der Waals surface area contributed by atoms with Crippen LogP contribution in [0.25, 0.3) is 0 Å². The first kappa shape index (κ1) is 19.5. The van der Waals surface area contributed by atoms with Gasteiger partial charge in [-0.05, 0) is 5.56 Å². The molecular weight excluding hydrogens is 373 g/mol. The lowest BCUT2D eigenvalue weighted by atomic mass is 10.2. The molecule has 0 saturated heterocycles. The molecule has 1 aromatic heterocycles. The van der Waals surface area contributed by atoms with Gasteiger partial charge < -0.3 is 34.5 Å². The molecule has 0 bridgehead atoms. The fourth-order valence-corrected chi connectivity index (χ4v) is 3.30. The van der Waals surface area contributed by atoms with Crippen molar-refractivity contribution in [3.8, 4) is 0 Å². The Morgan fingerprint density at radius 1 is 1.37 bits per heavy atom. The fourth-order valence-electron chi connectivity index (χ4n) is 2.52. The van der Waals surface area contributed by atoms with Gasteiger partial charge in [0.1, 0.15) is 17.9 Å². The molecule has 2 unspecified atom stereocenters. The summed E-state index contributed by atoms with van der Waals surface area (Å²) in [5.74, 6) is 0.886. The van der Waals surface area contributed by atoms with Gasteiger partial charge in [-0.1, -0.05) is 30.3 Å². The molecule has 146 valence electrons. The van der Waals surface area contributed by atoms with Gasteiger partial charge in [0, 0.05) is 13.7 Å². The van der Waals surface area contributed by atoms with Crippen LogP contribution in [0.1, 0.15) is 17.5 Å². The smallest absolute Gasteiger partial charge is 0.353 e. The predicted molar refractivity (Wildman–Crippen MR) is 99.1 cm³/mol. The fraction of sp³-hybridized carbons (Fsp3) is 0.375. The van der Waals surface area contributed by atoms with Crippen molar-refractivity contribution in [1.82, 2.24) is 9.55 Å². The topological polar surface area (TPSA) is 133 Å². The lowest BCUT2D eigenvalue weighted by molar-refractivity contribution is 0.107. The first-order valence-electron chi connectivity index (χ1n) is 8.24. The molecule has 2 aromatic rings. The number of fused-ring (bicyclic) bond motifs is 1. The standard InChI is InChI=1S/C16H22N5O5P/c1-24-15-13-14(19-16(17)20-15)21(10-18-13)7-8-25-11-27(22,23)26-9-12-5-3-2-4-6-12/h2-6,10,15H,7-9,11H2,1H3,(H,22,23)(H3,17,19,20). The van der Waals surface area contributed by atoms with E-state index >= 15 is 0 Å². The van der Waals surface area contributed by atoms with Gasteiger partial charge in [-0.15, -0.1) is 0 Å². The molecule has 2 atom stereocenters. The number of hydrogen-bond acceptors (Lipinski definition) is 8. The Morgan fingerprint density at radius 3 is 2.89 bits per heavy atom. The minimum atomic E-state index is -3.83. The molecule has 1 aromatic carbocycles. The van der Waals surface area contributed by atoms with Gasteiger partial charge in [0.2, 0.25) is 0 Å². The van der Waals surface area contributed by atoms with Crippen LogP contribution in [0.5, 0.6) is 0 Å². The van der Waals surface area contributed by atoms with Gasteiger partial charge in [0.05, 0.1) is 19.5 Å². The average molecular weight is 395 g/mol. The van der Waals surface area contributed by atoms with Gasteiger partial charge in [-0.2, -0.15) is 0 Å². The number of hydrogen-bond donors (Lipinski definition) is 3. The summed E-state index contributed by atoms with van der Waals surface area (Å²) >= 11 is 0. The maximum absolute atomic E-state index is 12.0. The second-order valence-corrected chi connectivity index (χ2v) is 7.62. The SMILES string of the molecule is COC1N=C(N)Nc2c1ncn2CCOCP(=O)(O)OCc1ccccc1. The van der Waals surface area contributed by atoms with E-state index in [1.165, 1.54) is 7.11 Å². The highest BCUT2D eigenvalue weighted by Gasteiger charge is 2.25. The Labute approximate surface area is 156 Å². The van der Waals surface area contributed by atoms with Crippen LogP contribution in [0.15, 0.2) is 41.7 Å². The minimum absolute atomic E-state index is 0.0495. The van der Waals surface area contributed by atoms with Crippen LogP contribution in [0.3, 0.4) is 0 Å². The normalized spacial score (nSPS) is 18.3. The molecule has 0 radical (unpaired) electrons. The second-order valence-electron chi connectivity index (χ2n) is 5.83. The molecule has 0 aliphatic carbocycles. The van der Waals surface area contributed by atoms with E-state index in [-0.39, 0.29) is 19.2 Å². The van der Waals surface area contributed by atoms with E-state index in [4.69, 9.17) is 19.7 Å². The van der Waals surface area contributed by atoms with Gasteiger partial charge in [0.15, 0.2) is 12.2 Å². The maximum atomic E-state index is 12.0. The van der Waals surface area contributed by atoms with Gasteiger partial charge >= 0.3 is 7.60 Å². The first-order valence-corrected chi connectivity index (χ1v) is 10.0. The van der Waals surface area contributed by atoms with E-state index in [1.54, 1.807) is 10.9 Å². The molecule has 0 saturated carbocycles. The third-order valence-corrected chi connectivity index (χ3v) is 4.87. The van der Waals surface area contributed by atoms with Crippen molar-refractivity contribution in [2.24, 2.45) is 10.7 Å². The number of methoxy groups -OCH3 is 1. The Balaban J connectivity index is 1.47. The number of aliphatic imine (C=N–C) groups is 1. The van der Waals surface area contributed by atoms with Gasteiger partial charge in [-0.25, -0.2) is 9.98 Å². The number of imidazole rings is 1. The van der Waals surface area contributed by atoms with E-state index in [0.29, 0.717) is 18.1 Å². The summed E-state index contributed by atoms with van der Waals surface area (Å²) in [6.07, 6.45) is 0.646. The van der Waals surface area contributed by atoms with E-state index in [2.05, 4.69) is 15.3 Å². The summed E-state index contributed by atoms with van der Waals surface area (Å²) in [5, 5.41) is 2.93. The molecule has 27 heavy (non-hydrogen) atoms. The van der Waals surface area contributed by atoms with Crippen molar-refractivity contribution in [3.63, 3.8) is 0 Å². The highest BCUT2D eigenvalue weighted by Crippen LogP contribution is 2.42. The zero-order chi connectivity index (χ0) is 19.3. The van der Waals surface area contributed by atoms with Crippen molar-refractivity contribution in [2.75, 3.05) is 25.4 Å². The van der Waals surface area contributed by atoms with Crippen LogP contribution in [0, 0.1) is 0 Å². The minimum Gasteiger partial charge on any atom is -0.370 e. The molecule has 0 fully saturated rings. The van der Waals surface area contributed by atoms with Crippen molar-refractivity contribution >= 4 is 19.4 Å². The number of nitrogens with two attached hydrogens (primary N) is 1. The lowest BCUT2D eigenvalue weighted by Crippen LogP contribution is -2.30. The monoisotopic (exact) mass is 395 g/mol. The molecule has 4 N–H and O–H groups in total. The van der Waals surface area contributed by atoms with Crippen LogP contribution >= 0.6 is 7.60 Å². The number of anilines is 1. The zero-order valence-electron chi connectivity index (χ0n) is 14.8. The molecule has 0 spiro atoms. The molecule has 11 heteroatoms. The summed E-state index contributed by atoms with van der Waals surface area (Å²) in [5.41, 5.74) is 7.17. The number of rotatable bonds is 9. The van der Waals surface area contributed by atoms with E-state index in [0.717, 1.165) is 5.56 Å². The Hall–Kier alpha value is -2.23. The molecule has 3 rings (SSSR count). The predicted octanol–water partition coefficient (Wildman–Crippen LogP) is 1.64. The number of benzene rings is 1. The van der Waals surface area contributed by atoms with Gasteiger partial charge in [0.25, 0.3) is 0 Å². The molecule has 1 aliphatic heterocycles. The van der Waals surface area contributed by atoms with Crippen LogP contribution in [-0.2, 0) is 31.7 Å². The number of aromatic nitrogens is 2. The third-order valence-electron chi connectivity index (χ3n) is 3.83.